The molecule has 0 atom stereocenters. The standard InChI is InChI=1S/C13H9BrF4N2O/c14-7-1-3-11(12(5-7)21-13(16,17)18)20-10-4-2-8(19)6-9(10)15/h1-6,20H,19H2. The molecule has 0 aromatic heterocycles. The van der Waals surface area contributed by atoms with E-state index in [2.05, 4.69) is 26.0 Å². The minimum Gasteiger partial charge on any atom is -0.404 e. The van der Waals surface area contributed by atoms with Gasteiger partial charge < -0.3 is 15.8 Å². The van der Waals surface area contributed by atoms with Crippen molar-refractivity contribution in [1.82, 2.24) is 0 Å². The average Bonchev–Trinajstić information content (AvgIpc) is 2.33. The van der Waals surface area contributed by atoms with Crippen molar-refractivity contribution in [1.29, 1.82) is 0 Å². The van der Waals surface area contributed by atoms with Crippen LogP contribution in [0, 0.1) is 5.82 Å². The van der Waals surface area contributed by atoms with E-state index in [4.69, 9.17) is 5.73 Å². The smallest absolute Gasteiger partial charge is 0.404 e. The first-order chi connectivity index (χ1) is 9.74. The number of nitrogens with two attached hydrogens (primary N) is 1. The molecule has 0 radical (unpaired) electrons. The van der Waals surface area contributed by atoms with Crippen LogP contribution in [0.3, 0.4) is 0 Å². The molecule has 0 aliphatic carbocycles. The highest BCUT2D eigenvalue weighted by molar-refractivity contribution is 9.10. The minimum absolute atomic E-state index is 0.0152. The highest BCUT2D eigenvalue weighted by Gasteiger charge is 2.32. The van der Waals surface area contributed by atoms with Crippen molar-refractivity contribution < 1.29 is 22.3 Å². The molecule has 21 heavy (non-hydrogen) atoms. The summed E-state index contributed by atoms with van der Waals surface area (Å²) in [6.07, 6.45) is -4.85. The number of anilines is 3. The second-order valence-corrected chi connectivity index (χ2v) is 4.97. The predicted molar refractivity (Wildman–Crippen MR) is 74.9 cm³/mol. The molecule has 0 heterocycles. The first kappa shape index (κ1) is 15.4. The molecular weight excluding hydrogens is 356 g/mol. The Kier molecular flexibility index (Phi) is 4.26. The quantitative estimate of drug-likeness (QED) is 0.606. The Hall–Kier alpha value is -1.96. The van der Waals surface area contributed by atoms with Crippen molar-refractivity contribution in [2.24, 2.45) is 0 Å². The van der Waals surface area contributed by atoms with Gasteiger partial charge in [0.25, 0.3) is 0 Å². The van der Waals surface area contributed by atoms with Crippen molar-refractivity contribution in [3.8, 4) is 5.75 Å². The number of alkyl halides is 3. The highest BCUT2D eigenvalue weighted by atomic mass is 79.9. The van der Waals surface area contributed by atoms with Crippen molar-refractivity contribution in [3.63, 3.8) is 0 Å². The van der Waals surface area contributed by atoms with Gasteiger partial charge in [-0.3, -0.25) is 0 Å². The molecule has 0 bridgehead atoms. The molecule has 112 valence electrons. The Bertz CT molecular complexity index is 661. The van der Waals surface area contributed by atoms with Crippen LogP contribution in [-0.4, -0.2) is 6.36 Å². The predicted octanol–water partition coefficient (Wildman–Crippen LogP) is 4.81. The van der Waals surface area contributed by atoms with Crippen LogP contribution < -0.4 is 15.8 Å². The summed E-state index contributed by atoms with van der Waals surface area (Å²) in [5, 5.41) is 2.54. The first-order valence-electron chi connectivity index (χ1n) is 5.62. The maximum Gasteiger partial charge on any atom is 0.573 e. The van der Waals surface area contributed by atoms with Crippen LogP contribution in [0.25, 0.3) is 0 Å². The summed E-state index contributed by atoms with van der Waals surface area (Å²) in [7, 11) is 0. The SMILES string of the molecule is Nc1ccc(Nc2ccc(Br)cc2OC(F)(F)F)c(F)c1. The topological polar surface area (TPSA) is 47.3 Å². The minimum atomic E-state index is -4.85. The molecule has 0 spiro atoms. The number of rotatable bonds is 3. The van der Waals surface area contributed by atoms with Crippen LogP contribution in [0.5, 0.6) is 5.75 Å². The maximum absolute atomic E-state index is 13.7. The fourth-order valence-corrected chi connectivity index (χ4v) is 1.93. The molecule has 3 nitrogen and oxygen atoms in total. The lowest BCUT2D eigenvalue weighted by Gasteiger charge is -2.15. The van der Waals surface area contributed by atoms with Gasteiger partial charge in [0.1, 0.15) is 5.82 Å². The number of nitrogen functional groups attached to an aromatic ring is 1. The Morgan fingerprint density at radius 3 is 2.33 bits per heavy atom. The van der Waals surface area contributed by atoms with E-state index >= 15 is 0 Å². The number of hydrogen-bond donors (Lipinski definition) is 2. The summed E-state index contributed by atoms with van der Waals surface area (Å²) < 4.78 is 55.1. The number of hydrogen-bond acceptors (Lipinski definition) is 3. The van der Waals surface area contributed by atoms with Crippen molar-refractivity contribution in [3.05, 3.63) is 46.7 Å². The summed E-state index contributed by atoms with van der Waals surface area (Å²) in [5.74, 6) is -1.16. The second-order valence-electron chi connectivity index (χ2n) is 4.05. The van der Waals surface area contributed by atoms with E-state index in [-0.39, 0.29) is 17.1 Å². The van der Waals surface area contributed by atoms with Crippen molar-refractivity contribution in [2.45, 2.75) is 6.36 Å². The molecule has 3 N–H and O–H groups in total. The van der Waals surface area contributed by atoms with E-state index in [1.54, 1.807) is 0 Å². The zero-order valence-corrected chi connectivity index (χ0v) is 11.9. The van der Waals surface area contributed by atoms with Crippen LogP contribution in [-0.2, 0) is 0 Å². The molecule has 0 unspecified atom stereocenters. The first-order valence-corrected chi connectivity index (χ1v) is 6.41. The van der Waals surface area contributed by atoms with Gasteiger partial charge in [-0.25, -0.2) is 4.39 Å². The van der Waals surface area contributed by atoms with Crippen molar-refractivity contribution >= 4 is 33.0 Å². The van der Waals surface area contributed by atoms with E-state index in [1.807, 2.05) is 0 Å². The van der Waals surface area contributed by atoms with Gasteiger partial charge in [-0.1, -0.05) is 15.9 Å². The van der Waals surface area contributed by atoms with Crippen molar-refractivity contribution in [2.75, 3.05) is 11.1 Å². The fourth-order valence-electron chi connectivity index (χ4n) is 1.59. The highest BCUT2D eigenvalue weighted by Crippen LogP contribution is 2.35. The third-order valence-corrected chi connectivity index (χ3v) is 2.93. The molecule has 0 saturated heterocycles. The summed E-state index contributed by atoms with van der Waals surface area (Å²) in [4.78, 5) is 0. The summed E-state index contributed by atoms with van der Waals surface area (Å²) in [6, 6.07) is 7.77. The van der Waals surface area contributed by atoms with Gasteiger partial charge in [-0.15, -0.1) is 13.2 Å². The summed E-state index contributed by atoms with van der Waals surface area (Å²) >= 11 is 3.05. The third kappa shape index (κ3) is 4.25. The summed E-state index contributed by atoms with van der Waals surface area (Å²) in [6.45, 7) is 0. The molecule has 2 rings (SSSR count). The van der Waals surface area contributed by atoms with Gasteiger partial charge in [0.05, 0.1) is 11.4 Å². The Balaban J connectivity index is 2.35. The zero-order chi connectivity index (χ0) is 15.6. The maximum atomic E-state index is 13.7. The number of halogens is 5. The molecule has 0 aliphatic heterocycles. The van der Waals surface area contributed by atoms with Gasteiger partial charge in [0.2, 0.25) is 0 Å². The molecule has 0 amide bonds. The molecule has 2 aromatic carbocycles. The molecule has 2 aromatic rings. The number of ether oxygens (including phenoxy) is 1. The largest absolute Gasteiger partial charge is 0.573 e. The van der Waals surface area contributed by atoms with Crippen LogP contribution in [0.1, 0.15) is 0 Å². The van der Waals surface area contributed by atoms with Crippen LogP contribution >= 0.6 is 15.9 Å². The van der Waals surface area contributed by atoms with E-state index in [9.17, 15) is 17.6 Å². The summed E-state index contributed by atoms with van der Waals surface area (Å²) in [5.41, 5.74) is 5.57. The van der Waals surface area contributed by atoms with Gasteiger partial charge in [-0.2, -0.15) is 0 Å². The lowest BCUT2D eigenvalue weighted by Crippen LogP contribution is -2.18. The fraction of sp³-hybridized carbons (Fsp3) is 0.0769. The van der Waals surface area contributed by atoms with Crippen LogP contribution in [0.4, 0.5) is 34.6 Å². The van der Waals surface area contributed by atoms with E-state index < -0.39 is 17.9 Å². The molecule has 8 heteroatoms. The number of benzene rings is 2. The third-order valence-electron chi connectivity index (χ3n) is 2.43. The molecular formula is C13H9BrF4N2O. The van der Waals surface area contributed by atoms with Gasteiger partial charge in [0, 0.05) is 10.2 Å². The van der Waals surface area contributed by atoms with Crippen LogP contribution in [0.2, 0.25) is 0 Å². The van der Waals surface area contributed by atoms with Gasteiger partial charge in [0.15, 0.2) is 5.75 Å². The van der Waals surface area contributed by atoms with E-state index in [0.717, 1.165) is 12.1 Å². The monoisotopic (exact) mass is 364 g/mol. The Morgan fingerprint density at radius 1 is 1.05 bits per heavy atom. The van der Waals surface area contributed by atoms with E-state index in [0.29, 0.717) is 4.47 Å². The van der Waals surface area contributed by atoms with E-state index in [1.165, 1.54) is 24.3 Å². The second kappa shape index (κ2) is 5.80. The van der Waals surface area contributed by atoms with Crippen LogP contribution in [0.15, 0.2) is 40.9 Å². The lowest BCUT2D eigenvalue weighted by atomic mass is 10.2. The normalized spacial score (nSPS) is 11.3. The molecule has 0 aliphatic rings. The molecule has 0 saturated carbocycles. The average molecular weight is 365 g/mol. The molecule has 0 fully saturated rings. The number of nitrogens with one attached hydrogen (secondary N) is 1. The lowest BCUT2D eigenvalue weighted by molar-refractivity contribution is -0.274. The Labute approximate surface area is 125 Å². The Morgan fingerprint density at radius 2 is 1.71 bits per heavy atom. The zero-order valence-electron chi connectivity index (χ0n) is 10.3. The van der Waals surface area contributed by atoms with Gasteiger partial charge in [-0.05, 0) is 36.4 Å². The van der Waals surface area contributed by atoms with Gasteiger partial charge >= 0.3 is 6.36 Å².